The van der Waals surface area contributed by atoms with Gasteiger partial charge in [-0.05, 0) is 45.0 Å². The monoisotopic (exact) mass is 210 g/mol. The van der Waals surface area contributed by atoms with E-state index in [1.54, 1.807) is 5.57 Å². The second kappa shape index (κ2) is 6.16. The van der Waals surface area contributed by atoms with E-state index in [2.05, 4.69) is 43.8 Å². The first-order chi connectivity index (χ1) is 7.21. The van der Waals surface area contributed by atoms with Gasteiger partial charge < -0.3 is 9.80 Å². The van der Waals surface area contributed by atoms with Crippen LogP contribution in [0.2, 0.25) is 0 Å². The second-order valence-electron chi connectivity index (χ2n) is 4.51. The van der Waals surface area contributed by atoms with E-state index in [0.717, 1.165) is 12.5 Å². The molecular formula is C13H26N2. The molecule has 1 heterocycles. The molecule has 0 saturated carbocycles. The fourth-order valence-corrected chi connectivity index (χ4v) is 2.28. The van der Waals surface area contributed by atoms with Crippen molar-refractivity contribution in [2.45, 2.75) is 33.6 Å². The summed E-state index contributed by atoms with van der Waals surface area (Å²) in [5.41, 5.74) is 1.63. The van der Waals surface area contributed by atoms with Crippen molar-refractivity contribution in [1.29, 1.82) is 0 Å². The molecule has 0 spiro atoms. The van der Waals surface area contributed by atoms with Crippen molar-refractivity contribution in [3.8, 4) is 0 Å². The zero-order valence-corrected chi connectivity index (χ0v) is 10.8. The summed E-state index contributed by atoms with van der Waals surface area (Å²) < 4.78 is 0. The van der Waals surface area contributed by atoms with Crippen molar-refractivity contribution in [3.63, 3.8) is 0 Å². The molecule has 0 bridgehead atoms. The predicted octanol–water partition coefficient (Wildman–Crippen LogP) is 2.57. The van der Waals surface area contributed by atoms with Gasteiger partial charge in [-0.25, -0.2) is 0 Å². The lowest BCUT2D eigenvalue weighted by Gasteiger charge is -2.19. The second-order valence-corrected chi connectivity index (χ2v) is 4.51. The number of hydrogen-bond acceptors (Lipinski definition) is 2. The van der Waals surface area contributed by atoms with Crippen LogP contribution >= 0.6 is 0 Å². The number of nitrogens with zero attached hydrogens (tertiary/aromatic N) is 2. The molecule has 0 aliphatic carbocycles. The normalized spacial score (nSPS) is 23.5. The zero-order valence-electron chi connectivity index (χ0n) is 10.8. The molecule has 1 rings (SSSR count). The summed E-state index contributed by atoms with van der Waals surface area (Å²) in [6, 6.07) is 0. The van der Waals surface area contributed by atoms with E-state index >= 15 is 0 Å². The number of hydrogen-bond donors (Lipinski definition) is 0. The van der Waals surface area contributed by atoms with Crippen molar-refractivity contribution in [1.82, 2.24) is 9.80 Å². The summed E-state index contributed by atoms with van der Waals surface area (Å²) in [4.78, 5) is 4.85. The minimum Gasteiger partial charge on any atom is -0.381 e. The van der Waals surface area contributed by atoms with Gasteiger partial charge in [0.1, 0.15) is 0 Å². The van der Waals surface area contributed by atoms with Crippen LogP contribution in [0.3, 0.4) is 0 Å². The Bertz CT molecular complexity index is 211. The summed E-state index contributed by atoms with van der Waals surface area (Å²) in [5.74, 6) is 0.809. The highest BCUT2D eigenvalue weighted by Crippen LogP contribution is 2.25. The molecule has 0 amide bonds. The van der Waals surface area contributed by atoms with Gasteiger partial charge in [0.25, 0.3) is 0 Å². The molecule has 88 valence electrons. The third-order valence-corrected chi connectivity index (χ3v) is 3.54. The van der Waals surface area contributed by atoms with Gasteiger partial charge in [-0.1, -0.05) is 19.4 Å². The lowest BCUT2D eigenvalue weighted by atomic mass is 9.97. The van der Waals surface area contributed by atoms with Gasteiger partial charge in [0.05, 0.1) is 0 Å². The Balaban J connectivity index is 2.56. The summed E-state index contributed by atoms with van der Waals surface area (Å²) in [6.07, 6.45) is 4.92. The molecule has 0 N–H and O–H groups in total. The average molecular weight is 210 g/mol. The SMILES string of the molecule is CC/C(=C\N(C)CC)C1CCN(CC)C1. The maximum atomic E-state index is 2.56. The molecule has 1 unspecified atom stereocenters. The van der Waals surface area contributed by atoms with Crippen LogP contribution in [0.4, 0.5) is 0 Å². The van der Waals surface area contributed by atoms with Gasteiger partial charge in [-0.3, -0.25) is 0 Å². The van der Waals surface area contributed by atoms with Crippen molar-refractivity contribution in [2.75, 3.05) is 33.2 Å². The molecule has 0 aromatic rings. The van der Waals surface area contributed by atoms with Crippen LogP contribution < -0.4 is 0 Å². The van der Waals surface area contributed by atoms with Crippen LogP contribution in [0, 0.1) is 5.92 Å². The lowest BCUT2D eigenvalue weighted by Crippen LogP contribution is -2.21. The highest BCUT2D eigenvalue weighted by molar-refractivity contribution is 5.08. The quantitative estimate of drug-likeness (QED) is 0.688. The Morgan fingerprint density at radius 1 is 1.40 bits per heavy atom. The molecule has 1 saturated heterocycles. The van der Waals surface area contributed by atoms with E-state index in [0.29, 0.717) is 0 Å². The molecular weight excluding hydrogens is 184 g/mol. The predicted molar refractivity (Wildman–Crippen MR) is 66.9 cm³/mol. The van der Waals surface area contributed by atoms with Crippen LogP contribution in [0.15, 0.2) is 11.8 Å². The summed E-state index contributed by atoms with van der Waals surface area (Å²) in [7, 11) is 2.17. The zero-order chi connectivity index (χ0) is 11.3. The van der Waals surface area contributed by atoms with E-state index in [1.165, 1.54) is 32.5 Å². The average Bonchev–Trinajstić information content (AvgIpc) is 2.73. The van der Waals surface area contributed by atoms with Crippen LogP contribution in [0.25, 0.3) is 0 Å². The van der Waals surface area contributed by atoms with Crippen LogP contribution in [0.5, 0.6) is 0 Å². The largest absolute Gasteiger partial charge is 0.381 e. The Hall–Kier alpha value is -0.500. The van der Waals surface area contributed by atoms with Crippen molar-refractivity contribution in [2.24, 2.45) is 5.92 Å². The number of likely N-dealkylation sites (tertiary alicyclic amines) is 1. The fourth-order valence-electron chi connectivity index (χ4n) is 2.28. The molecule has 2 nitrogen and oxygen atoms in total. The van der Waals surface area contributed by atoms with Gasteiger partial charge in [0.2, 0.25) is 0 Å². The molecule has 2 heteroatoms. The van der Waals surface area contributed by atoms with Crippen molar-refractivity contribution < 1.29 is 0 Å². The van der Waals surface area contributed by atoms with E-state index in [1.807, 2.05) is 0 Å². The summed E-state index contributed by atoms with van der Waals surface area (Å²) in [6.45, 7) is 11.6. The standard InChI is InChI=1S/C13H26N2/c1-5-12(10-14(4)6-2)13-8-9-15(7-3)11-13/h10,13H,5-9,11H2,1-4H3/b12-10+. The Kier molecular flexibility index (Phi) is 5.16. The van der Waals surface area contributed by atoms with Crippen molar-refractivity contribution in [3.05, 3.63) is 11.8 Å². The van der Waals surface area contributed by atoms with Gasteiger partial charge >= 0.3 is 0 Å². The van der Waals surface area contributed by atoms with Crippen molar-refractivity contribution >= 4 is 0 Å². The molecule has 1 fully saturated rings. The summed E-state index contributed by atoms with van der Waals surface area (Å²) in [5, 5.41) is 0. The fraction of sp³-hybridized carbons (Fsp3) is 0.846. The maximum Gasteiger partial charge on any atom is 0.0140 e. The Morgan fingerprint density at radius 2 is 2.13 bits per heavy atom. The molecule has 0 aromatic heterocycles. The smallest absolute Gasteiger partial charge is 0.0140 e. The van der Waals surface area contributed by atoms with Crippen LogP contribution in [0.1, 0.15) is 33.6 Å². The first-order valence-corrected chi connectivity index (χ1v) is 6.34. The molecule has 0 aromatic carbocycles. The first kappa shape index (κ1) is 12.6. The number of rotatable bonds is 5. The third-order valence-electron chi connectivity index (χ3n) is 3.54. The Labute approximate surface area is 94.9 Å². The molecule has 1 aliphatic rings. The molecule has 0 radical (unpaired) electrons. The topological polar surface area (TPSA) is 6.48 Å². The van der Waals surface area contributed by atoms with Gasteiger partial charge in [-0.15, -0.1) is 0 Å². The molecule has 1 aliphatic heterocycles. The minimum absolute atomic E-state index is 0.809. The third kappa shape index (κ3) is 3.53. The van der Waals surface area contributed by atoms with E-state index in [4.69, 9.17) is 0 Å². The van der Waals surface area contributed by atoms with Gasteiger partial charge in [-0.2, -0.15) is 0 Å². The van der Waals surface area contributed by atoms with Crippen LogP contribution in [-0.4, -0.2) is 43.0 Å². The van der Waals surface area contributed by atoms with Gasteiger partial charge in [0, 0.05) is 20.1 Å². The first-order valence-electron chi connectivity index (χ1n) is 6.34. The minimum atomic E-state index is 0.809. The lowest BCUT2D eigenvalue weighted by molar-refractivity contribution is 0.347. The van der Waals surface area contributed by atoms with E-state index in [-0.39, 0.29) is 0 Å². The van der Waals surface area contributed by atoms with Crippen LogP contribution in [-0.2, 0) is 0 Å². The Morgan fingerprint density at radius 3 is 2.60 bits per heavy atom. The van der Waals surface area contributed by atoms with Gasteiger partial charge in [0.15, 0.2) is 0 Å². The maximum absolute atomic E-state index is 2.56. The molecule has 15 heavy (non-hydrogen) atoms. The highest BCUT2D eigenvalue weighted by atomic mass is 15.1. The highest BCUT2D eigenvalue weighted by Gasteiger charge is 2.23. The van der Waals surface area contributed by atoms with E-state index in [9.17, 15) is 0 Å². The summed E-state index contributed by atoms with van der Waals surface area (Å²) >= 11 is 0. The molecule has 1 atom stereocenters. The van der Waals surface area contributed by atoms with E-state index < -0.39 is 0 Å².